The van der Waals surface area contributed by atoms with E-state index in [-0.39, 0.29) is 29.7 Å². The van der Waals surface area contributed by atoms with Crippen LogP contribution in [0, 0.1) is 28.6 Å². The Kier molecular flexibility index (Phi) is 10.6. The molecule has 3 aliphatic rings. The van der Waals surface area contributed by atoms with Gasteiger partial charge in [0.1, 0.15) is 12.1 Å². The van der Waals surface area contributed by atoms with Crippen molar-refractivity contribution in [3.63, 3.8) is 0 Å². The minimum absolute atomic E-state index is 0.0678. The summed E-state index contributed by atoms with van der Waals surface area (Å²) in [5.74, 6) is 0.173. The molecule has 4 aromatic rings. The molecule has 1 aliphatic carbocycles. The first-order valence-electron chi connectivity index (χ1n) is 18.4. The molecule has 0 unspecified atom stereocenters. The minimum atomic E-state index is -0.542. The van der Waals surface area contributed by atoms with Crippen molar-refractivity contribution in [3.05, 3.63) is 71.7 Å². The molecular weight excluding hydrogens is 671 g/mol. The summed E-state index contributed by atoms with van der Waals surface area (Å²) in [6.45, 7) is 6.70. The van der Waals surface area contributed by atoms with Crippen molar-refractivity contribution in [3.8, 4) is 18.0 Å². The molecule has 1 aromatic carbocycles. The lowest BCUT2D eigenvalue weighted by Crippen LogP contribution is -2.47. The molecule has 3 N–H and O–H groups in total. The van der Waals surface area contributed by atoms with Crippen LogP contribution in [0.15, 0.2) is 55.0 Å². The van der Waals surface area contributed by atoms with E-state index in [0.717, 1.165) is 76.1 Å². The van der Waals surface area contributed by atoms with Crippen LogP contribution in [0.25, 0.3) is 16.9 Å². The number of carbonyl (C=O) groups excluding carboxylic acids is 3. The lowest BCUT2D eigenvalue weighted by Gasteiger charge is -2.37. The highest BCUT2D eigenvalue weighted by molar-refractivity contribution is 6.01. The van der Waals surface area contributed by atoms with Gasteiger partial charge in [0.25, 0.3) is 5.91 Å². The zero-order chi connectivity index (χ0) is 36.9. The number of carbonyl (C=O) groups is 3. The molecule has 0 spiro atoms. The van der Waals surface area contributed by atoms with Crippen LogP contribution < -0.4 is 20.9 Å². The number of nitrogens with one attached hydrogen (secondary N) is 3. The first kappa shape index (κ1) is 35.5. The van der Waals surface area contributed by atoms with Gasteiger partial charge in [0, 0.05) is 68.2 Å². The van der Waals surface area contributed by atoms with Crippen LogP contribution in [0.4, 0.5) is 11.4 Å². The smallest absolute Gasteiger partial charge is 0.255 e. The van der Waals surface area contributed by atoms with Crippen molar-refractivity contribution >= 4 is 40.1 Å². The third-order valence-electron chi connectivity index (χ3n) is 10.8. The van der Waals surface area contributed by atoms with Crippen LogP contribution in [-0.2, 0) is 9.59 Å². The van der Waals surface area contributed by atoms with Gasteiger partial charge >= 0.3 is 0 Å². The van der Waals surface area contributed by atoms with E-state index in [1.807, 2.05) is 12.1 Å². The highest BCUT2D eigenvalue weighted by Gasteiger charge is 2.29. The largest absolute Gasteiger partial charge is 0.369 e. The van der Waals surface area contributed by atoms with Crippen molar-refractivity contribution < 1.29 is 14.4 Å². The van der Waals surface area contributed by atoms with Gasteiger partial charge in [-0.15, -0.1) is 0 Å². The van der Waals surface area contributed by atoms with E-state index in [9.17, 15) is 24.9 Å². The van der Waals surface area contributed by atoms with Crippen LogP contribution in [-0.4, -0.2) is 87.2 Å². The molecule has 14 heteroatoms. The highest BCUT2D eigenvalue weighted by atomic mass is 16.2. The molecule has 2 atom stereocenters. The number of anilines is 2. The summed E-state index contributed by atoms with van der Waals surface area (Å²) in [5, 5.41) is 32.6. The topological polar surface area (TPSA) is 185 Å². The number of imide groups is 1. The fraction of sp³-hybridized carbons (Fsp3) is 0.436. The van der Waals surface area contributed by atoms with Gasteiger partial charge in [-0.2, -0.15) is 20.3 Å². The highest BCUT2D eigenvalue weighted by Crippen LogP contribution is 2.30. The molecule has 272 valence electrons. The fourth-order valence-corrected chi connectivity index (χ4v) is 7.66. The number of hydrogen-bond acceptors (Lipinski definition) is 11. The second-order valence-corrected chi connectivity index (χ2v) is 14.3. The summed E-state index contributed by atoms with van der Waals surface area (Å²) >= 11 is 0. The van der Waals surface area contributed by atoms with Gasteiger partial charge in [-0.05, 0) is 81.7 Å². The van der Waals surface area contributed by atoms with Gasteiger partial charge in [0.05, 0.1) is 35.0 Å². The maximum absolute atomic E-state index is 13.6. The van der Waals surface area contributed by atoms with E-state index in [2.05, 4.69) is 65.1 Å². The molecule has 3 fully saturated rings. The summed E-state index contributed by atoms with van der Waals surface area (Å²) in [6, 6.07) is 15.4. The van der Waals surface area contributed by atoms with Crippen molar-refractivity contribution in [2.75, 3.05) is 42.9 Å². The number of amides is 3. The first-order valence-corrected chi connectivity index (χ1v) is 18.4. The maximum atomic E-state index is 13.6. The van der Waals surface area contributed by atoms with Crippen molar-refractivity contribution in [1.29, 1.82) is 10.5 Å². The molecule has 1 saturated carbocycles. The van der Waals surface area contributed by atoms with Crippen molar-refractivity contribution in [1.82, 2.24) is 35.3 Å². The molecule has 0 bridgehead atoms. The van der Waals surface area contributed by atoms with Crippen LogP contribution in [0.5, 0.6) is 0 Å². The van der Waals surface area contributed by atoms with Gasteiger partial charge in [-0.3, -0.25) is 24.6 Å². The summed E-state index contributed by atoms with van der Waals surface area (Å²) < 4.78 is 1.55. The molecule has 3 aromatic heterocycles. The summed E-state index contributed by atoms with van der Waals surface area (Å²) in [6.07, 6.45) is 10.6. The zero-order valence-electron chi connectivity index (χ0n) is 29.8. The first-order chi connectivity index (χ1) is 25.8. The number of benzene rings is 1. The number of hydrogen-bond donors (Lipinski definition) is 3. The van der Waals surface area contributed by atoms with E-state index in [1.54, 1.807) is 29.9 Å². The number of piperidine rings is 1. The molecule has 7 rings (SSSR count). The molecular formula is C39H43N11O3. The lowest BCUT2D eigenvalue weighted by molar-refractivity contribution is -0.134. The molecule has 0 radical (unpaired) electrons. The number of nitrogens with zero attached hydrogens (tertiary/aromatic N) is 8. The average molecular weight is 714 g/mol. The van der Waals surface area contributed by atoms with Crippen LogP contribution >= 0.6 is 0 Å². The summed E-state index contributed by atoms with van der Waals surface area (Å²) in [4.78, 5) is 51.2. The molecule has 3 amide bonds. The van der Waals surface area contributed by atoms with E-state index in [4.69, 9.17) is 0 Å². The number of fused-ring (bicyclic) bond motifs is 1. The fourth-order valence-electron chi connectivity index (χ4n) is 7.66. The average Bonchev–Trinajstić information content (AvgIpc) is 3.61. The zero-order valence-corrected chi connectivity index (χ0v) is 29.8. The quantitative estimate of drug-likeness (QED) is 0.202. The Balaban J connectivity index is 0.879. The van der Waals surface area contributed by atoms with Gasteiger partial charge in [-0.25, -0.2) is 9.97 Å². The Morgan fingerprint density at radius 3 is 2.47 bits per heavy atom. The van der Waals surface area contributed by atoms with E-state index in [1.165, 1.54) is 12.4 Å². The number of nitriles is 2. The predicted octanol–water partition coefficient (Wildman–Crippen LogP) is 4.03. The number of rotatable bonds is 10. The molecule has 5 heterocycles. The van der Waals surface area contributed by atoms with Gasteiger partial charge in [-0.1, -0.05) is 12.1 Å². The van der Waals surface area contributed by atoms with Gasteiger partial charge in [0.15, 0.2) is 11.5 Å². The molecule has 14 nitrogen and oxygen atoms in total. The third-order valence-corrected chi connectivity index (χ3v) is 10.8. The lowest BCUT2D eigenvalue weighted by atomic mass is 9.84. The van der Waals surface area contributed by atoms with Crippen LogP contribution in [0.2, 0.25) is 0 Å². The molecule has 2 aliphatic heterocycles. The number of pyridine rings is 2. The van der Waals surface area contributed by atoms with E-state index >= 15 is 0 Å². The van der Waals surface area contributed by atoms with E-state index in [0.29, 0.717) is 52.4 Å². The van der Waals surface area contributed by atoms with Gasteiger partial charge in [0.2, 0.25) is 11.8 Å². The Labute approximate surface area is 308 Å². The summed E-state index contributed by atoms with van der Waals surface area (Å²) in [7, 11) is 0. The maximum Gasteiger partial charge on any atom is 0.255 e. The summed E-state index contributed by atoms with van der Waals surface area (Å²) in [5.41, 5.74) is 3.93. The number of aromatic nitrogens is 4. The second-order valence-electron chi connectivity index (χ2n) is 14.3. The van der Waals surface area contributed by atoms with Crippen molar-refractivity contribution in [2.45, 2.75) is 69.9 Å². The second kappa shape index (κ2) is 15.8. The van der Waals surface area contributed by atoms with Crippen molar-refractivity contribution in [2.24, 2.45) is 5.92 Å². The molecule has 53 heavy (non-hydrogen) atoms. The normalized spacial score (nSPS) is 21.3. The molecule has 2 saturated heterocycles. The van der Waals surface area contributed by atoms with Gasteiger partial charge < -0.3 is 15.5 Å². The SMILES string of the molecule is C[C@H](C#N)Nc1cc(-n2ncc3cc(C#N)cnc32)ncc1C(=O)NC1CCC(CCN2CCN(c3ccc([C@H]4CCC(=O)NC4=O)cc3)CC2)CC1. The van der Waals surface area contributed by atoms with Crippen LogP contribution in [0.3, 0.4) is 0 Å². The van der Waals surface area contributed by atoms with Crippen LogP contribution in [0.1, 0.15) is 79.3 Å². The minimum Gasteiger partial charge on any atom is -0.369 e. The Morgan fingerprint density at radius 2 is 1.75 bits per heavy atom. The third kappa shape index (κ3) is 8.13. The monoisotopic (exact) mass is 713 g/mol. The predicted molar refractivity (Wildman–Crippen MR) is 198 cm³/mol. The standard InChI is InChI=1S/C39H43N11O3/c1-25(20-40)45-34-19-35(50-37-29(23-44-50)18-27(21-41)22-43-37)42-24-33(34)39(53)46-30-6-2-26(3-7-30)12-13-48-14-16-49(17-15-48)31-8-4-28(5-9-31)32-10-11-36(51)47-38(32)52/h4-5,8-9,18-19,22-26,30,32H,2-3,6-7,10-17H2,1H3,(H,42,45)(H,46,53)(H,47,51,52)/t25-,26?,30?,32-/m1/s1. The Bertz CT molecular complexity index is 2070. The Morgan fingerprint density at radius 1 is 0.981 bits per heavy atom. The van der Waals surface area contributed by atoms with E-state index < -0.39 is 6.04 Å². The Hall–Kier alpha value is -5.86. The number of piperazine rings is 1.